The summed E-state index contributed by atoms with van der Waals surface area (Å²) >= 11 is 5.65. The highest BCUT2D eigenvalue weighted by molar-refractivity contribution is 7.80. The van der Waals surface area contributed by atoms with Crippen molar-refractivity contribution < 1.29 is 9.59 Å². The molecule has 1 heterocycles. The number of aryl methyl sites for hydroxylation is 1. The van der Waals surface area contributed by atoms with Gasteiger partial charge in [-0.1, -0.05) is 6.92 Å². The van der Waals surface area contributed by atoms with E-state index in [1.165, 1.54) is 11.8 Å². The molecule has 0 aromatic carbocycles. The monoisotopic (exact) mass is 301 g/mol. The van der Waals surface area contributed by atoms with Crippen LogP contribution in [0.2, 0.25) is 0 Å². The number of amides is 2. The first-order valence-electron chi connectivity index (χ1n) is 6.10. The van der Waals surface area contributed by atoms with E-state index in [4.69, 9.17) is 0 Å². The molecule has 2 N–H and O–H groups in total. The van der Waals surface area contributed by atoms with Gasteiger partial charge in [-0.15, -0.1) is 11.3 Å². The number of thiol groups is 1. The first-order valence-corrected chi connectivity index (χ1v) is 7.55. The van der Waals surface area contributed by atoms with Crippen LogP contribution in [0.15, 0.2) is 6.20 Å². The lowest BCUT2D eigenvalue weighted by Gasteiger charge is -2.18. The minimum Gasteiger partial charge on any atom is -0.345 e. The van der Waals surface area contributed by atoms with Crippen molar-refractivity contribution in [3.05, 3.63) is 16.1 Å². The van der Waals surface area contributed by atoms with E-state index in [-0.39, 0.29) is 23.6 Å². The van der Waals surface area contributed by atoms with Gasteiger partial charge in [0.1, 0.15) is 11.0 Å². The molecule has 0 aliphatic carbocycles. The van der Waals surface area contributed by atoms with Crippen LogP contribution in [0.1, 0.15) is 36.7 Å². The van der Waals surface area contributed by atoms with E-state index in [2.05, 4.69) is 35.2 Å². The van der Waals surface area contributed by atoms with E-state index in [9.17, 15) is 9.59 Å². The van der Waals surface area contributed by atoms with Crippen molar-refractivity contribution >= 4 is 35.8 Å². The average molecular weight is 301 g/mol. The summed E-state index contributed by atoms with van der Waals surface area (Å²) in [6.07, 6.45) is 2.76. The lowest BCUT2D eigenvalue weighted by Crippen LogP contribution is -2.47. The Kier molecular flexibility index (Phi) is 6.30. The van der Waals surface area contributed by atoms with Crippen molar-refractivity contribution in [3.8, 4) is 0 Å². The molecule has 2 unspecified atom stereocenters. The zero-order chi connectivity index (χ0) is 14.4. The van der Waals surface area contributed by atoms with E-state index >= 15 is 0 Å². The summed E-state index contributed by atoms with van der Waals surface area (Å²) in [5, 5.41) is 6.26. The lowest BCUT2D eigenvalue weighted by atomic mass is 10.2. The minimum atomic E-state index is -0.617. The molecule has 0 bridgehead atoms. The molecule has 1 rings (SSSR count). The molecule has 0 saturated carbocycles. The molecule has 0 spiro atoms. The fourth-order valence-electron chi connectivity index (χ4n) is 1.50. The second kappa shape index (κ2) is 7.49. The molecule has 1 aromatic heterocycles. The normalized spacial score (nSPS) is 13.7. The van der Waals surface area contributed by atoms with Crippen molar-refractivity contribution in [2.75, 3.05) is 5.75 Å². The second-order valence-corrected chi connectivity index (χ2v) is 5.70. The van der Waals surface area contributed by atoms with Crippen LogP contribution in [0.4, 0.5) is 0 Å². The van der Waals surface area contributed by atoms with Gasteiger partial charge in [0.25, 0.3) is 0 Å². The first-order chi connectivity index (χ1) is 8.97. The van der Waals surface area contributed by atoms with E-state index in [1.54, 1.807) is 11.3 Å². The first kappa shape index (κ1) is 16.0. The van der Waals surface area contributed by atoms with Crippen LogP contribution in [0.5, 0.6) is 0 Å². The number of carbonyl (C=O) groups excluding carboxylic acids is 2. The van der Waals surface area contributed by atoms with Gasteiger partial charge >= 0.3 is 0 Å². The van der Waals surface area contributed by atoms with Crippen LogP contribution < -0.4 is 10.6 Å². The van der Waals surface area contributed by atoms with Crippen molar-refractivity contribution in [2.24, 2.45) is 0 Å². The Labute approximate surface area is 122 Å². The zero-order valence-electron chi connectivity index (χ0n) is 11.3. The fraction of sp³-hybridized carbons (Fsp3) is 0.583. The van der Waals surface area contributed by atoms with Crippen molar-refractivity contribution in [1.82, 2.24) is 15.6 Å². The maximum atomic E-state index is 12.0. The van der Waals surface area contributed by atoms with Gasteiger partial charge < -0.3 is 10.6 Å². The quantitative estimate of drug-likeness (QED) is 0.694. The number of thiazole rings is 1. The number of hydrogen-bond acceptors (Lipinski definition) is 5. The highest BCUT2D eigenvalue weighted by Gasteiger charge is 2.21. The summed E-state index contributed by atoms with van der Waals surface area (Å²) in [5.41, 5.74) is 0. The lowest BCUT2D eigenvalue weighted by molar-refractivity contribution is -0.127. The van der Waals surface area contributed by atoms with Crippen LogP contribution in [-0.4, -0.2) is 28.6 Å². The van der Waals surface area contributed by atoms with E-state index in [0.717, 1.165) is 11.4 Å². The highest BCUT2D eigenvalue weighted by Crippen LogP contribution is 2.20. The predicted octanol–water partition coefficient (Wildman–Crippen LogP) is 1.32. The topological polar surface area (TPSA) is 71.1 Å². The number of nitrogens with zero attached hydrogens (tertiary/aromatic N) is 1. The summed E-state index contributed by atoms with van der Waals surface area (Å²) < 4.78 is 0. The number of aromatic nitrogens is 1. The molecule has 0 aliphatic rings. The summed E-state index contributed by atoms with van der Waals surface area (Å²) in [6.45, 7) is 5.31. The molecule has 0 saturated heterocycles. The van der Waals surface area contributed by atoms with Gasteiger partial charge in [0.15, 0.2) is 0 Å². The van der Waals surface area contributed by atoms with Gasteiger partial charge in [0.05, 0.1) is 6.04 Å². The van der Waals surface area contributed by atoms with E-state index < -0.39 is 6.04 Å². The summed E-state index contributed by atoms with van der Waals surface area (Å²) in [4.78, 5) is 28.4. The number of hydrogen-bond donors (Lipinski definition) is 3. The predicted molar refractivity (Wildman–Crippen MR) is 79.5 cm³/mol. The zero-order valence-corrected chi connectivity index (χ0v) is 13.0. The van der Waals surface area contributed by atoms with E-state index in [1.807, 2.05) is 13.1 Å². The molecule has 19 heavy (non-hydrogen) atoms. The molecule has 7 heteroatoms. The van der Waals surface area contributed by atoms with Crippen molar-refractivity contribution in [3.63, 3.8) is 0 Å². The molecule has 0 aliphatic heterocycles. The largest absolute Gasteiger partial charge is 0.345 e. The molecule has 106 valence electrons. The SMILES string of the molecule is CCc1cnc(C(C)NC(=O)C(CS)NC(C)=O)s1. The van der Waals surface area contributed by atoms with Gasteiger partial charge in [-0.3, -0.25) is 9.59 Å². The van der Waals surface area contributed by atoms with Crippen molar-refractivity contribution in [2.45, 2.75) is 39.3 Å². The summed E-state index contributed by atoms with van der Waals surface area (Å²) in [5.74, 6) is -0.230. The third-order valence-electron chi connectivity index (χ3n) is 2.53. The highest BCUT2D eigenvalue weighted by atomic mass is 32.1. The molecular formula is C12H19N3O2S2. The third kappa shape index (κ3) is 4.83. The number of nitrogens with one attached hydrogen (secondary N) is 2. The molecule has 1 aromatic rings. The van der Waals surface area contributed by atoms with Crippen LogP contribution in [0.3, 0.4) is 0 Å². The Morgan fingerprint density at radius 1 is 1.47 bits per heavy atom. The Morgan fingerprint density at radius 3 is 2.63 bits per heavy atom. The van der Waals surface area contributed by atoms with Gasteiger partial charge in [-0.2, -0.15) is 12.6 Å². The van der Waals surface area contributed by atoms with Crippen LogP contribution >= 0.6 is 24.0 Å². The molecule has 0 radical (unpaired) electrons. The third-order valence-corrected chi connectivity index (χ3v) is 4.22. The second-order valence-electron chi connectivity index (χ2n) is 4.18. The Bertz CT molecular complexity index is 448. The van der Waals surface area contributed by atoms with Crippen LogP contribution in [-0.2, 0) is 16.0 Å². The van der Waals surface area contributed by atoms with Crippen LogP contribution in [0, 0.1) is 0 Å². The minimum absolute atomic E-state index is 0.172. The molecule has 2 atom stereocenters. The maximum Gasteiger partial charge on any atom is 0.243 e. The van der Waals surface area contributed by atoms with Gasteiger partial charge in [-0.05, 0) is 13.3 Å². The standard InChI is InChI=1S/C12H19N3O2S2/c1-4-9-5-13-12(19-9)7(2)14-11(17)10(6-18)15-8(3)16/h5,7,10,18H,4,6H2,1-3H3,(H,14,17)(H,15,16). The molecule has 2 amide bonds. The van der Waals surface area contributed by atoms with Gasteiger partial charge in [0.2, 0.25) is 11.8 Å². The van der Waals surface area contributed by atoms with E-state index in [0.29, 0.717) is 0 Å². The van der Waals surface area contributed by atoms with Gasteiger partial charge in [-0.25, -0.2) is 4.98 Å². The Hall–Kier alpha value is -1.08. The van der Waals surface area contributed by atoms with Crippen molar-refractivity contribution in [1.29, 1.82) is 0 Å². The maximum absolute atomic E-state index is 12.0. The Morgan fingerprint density at radius 2 is 2.16 bits per heavy atom. The van der Waals surface area contributed by atoms with Crippen LogP contribution in [0.25, 0.3) is 0 Å². The molecule has 5 nitrogen and oxygen atoms in total. The molecular weight excluding hydrogens is 282 g/mol. The fourth-order valence-corrected chi connectivity index (χ4v) is 2.62. The smallest absolute Gasteiger partial charge is 0.243 e. The summed E-state index contributed by atoms with van der Waals surface area (Å²) in [6, 6.07) is -0.789. The number of rotatable bonds is 6. The molecule has 0 fully saturated rings. The average Bonchev–Trinajstić information content (AvgIpc) is 2.84. The Balaban J connectivity index is 2.61. The van der Waals surface area contributed by atoms with Gasteiger partial charge in [0, 0.05) is 23.8 Å². The summed E-state index contributed by atoms with van der Waals surface area (Å²) in [7, 11) is 0. The number of carbonyl (C=O) groups is 2.